The number of nitrogens with one attached hydrogen (secondary N) is 1. The van der Waals surface area contributed by atoms with Crippen molar-refractivity contribution < 1.29 is 9.90 Å². The molecule has 1 atom stereocenters. The molecule has 3 heterocycles. The van der Waals surface area contributed by atoms with E-state index in [2.05, 4.69) is 29.1 Å². The maximum atomic E-state index is 12.2. The van der Waals surface area contributed by atoms with Gasteiger partial charge in [0.05, 0.1) is 0 Å². The molecule has 2 aromatic rings. The van der Waals surface area contributed by atoms with Crippen molar-refractivity contribution in [1.82, 2.24) is 19.9 Å². The van der Waals surface area contributed by atoms with Gasteiger partial charge in [-0.05, 0) is 18.6 Å². The van der Waals surface area contributed by atoms with E-state index in [9.17, 15) is 9.90 Å². The van der Waals surface area contributed by atoms with Gasteiger partial charge in [-0.2, -0.15) is 0 Å². The van der Waals surface area contributed by atoms with Crippen LogP contribution < -0.4 is 10.2 Å². The van der Waals surface area contributed by atoms with E-state index < -0.39 is 5.60 Å². The zero-order valence-corrected chi connectivity index (χ0v) is 15.4. The van der Waals surface area contributed by atoms with Gasteiger partial charge in [0.25, 0.3) is 0 Å². The van der Waals surface area contributed by atoms with Crippen molar-refractivity contribution in [2.45, 2.75) is 44.8 Å². The average Bonchev–Trinajstić information content (AvgIpc) is 3.26. The van der Waals surface area contributed by atoms with E-state index >= 15 is 0 Å². The fraction of sp³-hybridized carbons (Fsp3) is 0.526. The molecule has 0 aromatic carbocycles. The van der Waals surface area contributed by atoms with E-state index in [1.165, 1.54) is 0 Å². The number of nitrogens with zero attached hydrogens (tertiary/aromatic N) is 4. The standard InChI is InChI=1S/C19H27N5O2/c1-15(2)18-21-9-12-23(18)10-6-17(25)22-13-19(26)7-11-24(14-19)16-5-3-4-8-20-16/h3-5,8-9,12,15,26H,6-7,10-11,13-14H2,1-2H3,(H,22,25). The highest BCUT2D eigenvalue weighted by Crippen LogP contribution is 2.24. The van der Waals surface area contributed by atoms with Gasteiger partial charge in [-0.1, -0.05) is 19.9 Å². The van der Waals surface area contributed by atoms with Crippen LogP contribution in [-0.2, 0) is 11.3 Å². The number of aryl methyl sites for hydroxylation is 1. The summed E-state index contributed by atoms with van der Waals surface area (Å²) in [5.74, 6) is 2.11. The lowest BCUT2D eigenvalue weighted by Gasteiger charge is -2.24. The summed E-state index contributed by atoms with van der Waals surface area (Å²) < 4.78 is 2.01. The Morgan fingerprint density at radius 2 is 2.19 bits per heavy atom. The molecule has 26 heavy (non-hydrogen) atoms. The number of hydrogen-bond acceptors (Lipinski definition) is 5. The molecule has 0 radical (unpaired) electrons. The van der Waals surface area contributed by atoms with Crippen LogP contribution in [0.4, 0.5) is 5.82 Å². The predicted octanol–water partition coefficient (Wildman–Crippen LogP) is 1.55. The molecular formula is C19H27N5O2. The van der Waals surface area contributed by atoms with E-state index in [1.807, 2.05) is 33.9 Å². The Hall–Kier alpha value is -2.41. The Bertz CT molecular complexity index is 731. The van der Waals surface area contributed by atoms with Crippen LogP contribution in [0.25, 0.3) is 0 Å². The van der Waals surface area contributed by atoms with Crippen LogP contribution in [0.3, 0.4) is 0 Å². The van der Waals surface area contributed by atoms with E-state index in [1.54, 1.807) is 12.4 Å². The Kier molecular flexibility index (Phi) is 5.56. The second-order valence-corrected chi connectivity index (χ2v) is 7.24. The molecule has 2 aromatic heterocycles. The minimum absolute atomic E-state index is 0.0573. The largest absolute Gasteiger partial charge is 0.386 e. The van der Waals surface area contributed by atoms with E-state index in [-0.39, 0.29) is 12.5 Å². The normalized spacial score (nSPS) is 19.9. The van der Waals surface area contributed by atoms with Crippen molar-refractivity contribution in [3.63, 3.8) is 0 Å². The highest BCUT2D eigenvalue weighted by molar-refractivity contribution is 5.75. The number of carbonyl (C=O) groups excluding carboxylic acids is 1. The lowest BCUT2D eigenvalue weighted by molar-refractivity contribution is -0.122. The first-order valence-electron chi connectivity index (χ1n) is 9.13. The fourth-order valence-electron chi connectivity index (χ4n) is 3.32. The third-order valence-corrected chi connectivity index (χ3v) is 4.76. The van der Waals surface area contributed by atoms with Crippen LogP contribution in [0.5, 0.6) is 0 Å². The molecule has 2 N–H and O–H groups in total. The number of amides is 1. The molecule has 3 rings (SSSR count). The van der Waals surface area contributed by atoms with Gasteiger partial charge in [0.1, 0.15) is 17.2 Å². The topological polar surface area (TPSA) is 83.3 Å². The zero-order chi connectivity index (χ0) is 18.6. The van der Waals surface area contributed by atoms with Crippen molar-refractivity contribution in [3.8, 4) is 0 Å². The maximum absolute atomic E-state index is 12.2. The summed E-state index contributed by atoms with van der Waals surface area (Å²) in [6, 6.07) is 5.74. The molecule has 1 saturated heterocycles. The summed E-state index contributed by atoms with van der Waals surface area (Å²) in [4.78, 5) is 22.9. The summed E-state index contributed by atoms with van der Waals surface area (Å²) in [6.45, 7) is 6.23. The summed E-state index contributed by atoms with van der Waals surface area (Å²) in [7, 11) is 0. The Morgan fingerprint density at radius 3 is 2.92 bits per heavy atom. The number of imidazole rings is 1. The van der Waals surface area contributed by atoms with Crippen molar-refractivity contribution >= 4 is 11.7 Å². The zero-order valence-electron chi connectivity index (χ0n) is 15.4. The first kappa shape index (κ1) is 18.4. The van der Waals surface area contributed by atoms with Crippen LogP contribution in [-0.4, -0.2) is 50.8 Å². The molecular weight excluding hydrogens is 330 g/mol. The highest BCUT2D eigenvalue weighted by atomic mass is 16.3. The first-order chi connectivity index (χ1) is 12.5. The first-order valence-corrected chi connectivity index (χ1v) is 9.13. The van der Waals surface area contributed by atoms with E-state index in [4.69, 9.17) is 0 Å². The number of pyridine rings is 1. The van der Waals surface area contributed by atoms with E-state index in [0.29, 0.717) is 31.8 Å². The summed E-state index contributed by atoms with van der Waals surface area (Å²) in [6.07, 6.45) is 6.40. The minimum atomic E-state index is -0.911. The number of carbonyl (C=O) groups is 1. The smallest absolute Gasteiger partial charge is 0.221 e. The number of β-amino-alcohol motifs (C(OH)–C–C–N with tert-alkyl or cyclic N) is 1. The molecule has 1 amide bonds. The molecule has 7 heteroatoms. The monoisotopic (exact) mass is 357 g/mol. The minimum Gasteiger partial charge on any atom is -0.386 e. The van der Waals surface area contributed by atoms with Gasteiger partial charge in [0, 0.05) is 57.1 Å². The van der Waals surface area contributed by atoms with Crippen LogP contribution in [0, 0.1) is 0 Å². The fourth-order valence-corrected chi connectivity index (χ4v) is 3.32. The molecule has 0 spiro atoms. The van der Waals surface area contributed by atoms with Gasteiger partial charge in [0.2, 0.25) is 5.91 Å². The van der Waals surface area contributed by atoms with Crippen molar-refractivity contribution in [2.75, 3.05) is 24.5 Å². The summed E-state index contributed by atoms with van der Waals surface area (Å²) in [5, 5.41) is 13.6. The predicted molar refractivity (Wildman–Crippen MR) is 100.0 cm³/mol. The maximum Gasteiger partial charge on any atom is 0.221 e. The third kappa shape index (κ3) is 4.40. The molecule has 0 bridgehead atoms. The Balaban J connectivity index is 1.46. The lowest BCUT2D eigenvalue weighted by atomic mass is 10.0. The number of rotatable bonds is 7. The van der Waals surface area contributed by atoms with Gasteiger partial charge >= 0.3 is 0 Å². The molecule has 0 aliphatic carbocycles. The summed E-state index contributed by atoms with van der Waals surface area (Å²) in [5.41, 5.74) is -0.911. The number of anilines is 1. The molecule has 140 valence electrons. The van der Waals surface area contributed by atoms with Crippen LogP contribution in [0.1, 0.15) is 38.4 Å². The van der Waals surface area contributed by atoms with Crippen molar-refractivity contribution in [3.05, 3.63) is 42.6 Å². The van der Waals surface area contributed by atoms with Gasteiger partial charge in [-0.25, -0.2) is 9.97 Å². The number of aliphatic hydroxyl groups is 1. The molecule has 1 unspecified atom stereocenters. The second-order valence-electron chi connectivity index (χ2n) is 7.24. The van der Waals surface area contributed by atoms with Crippen molar-refractivity contribution in [1.29, 1.82) is 0 Å². The van der Waals surface area contributed by atoms with Gasteiger partial charge in [-0.15, -0.1) is 0 Å². The van der Waals surface area contributed by atoms with E-state index in [0.717, 1.165) is 18.2 Å². The third-order valence-electron chi connectivity index (χ3n) is 4.76. The highest BCUT2D eigenvalue weighted by Gasteiger charge is 2.36. The van der Waals surface area contributed by atoms with Crippen LogP contribution in [0.15, 0.2) is 36.8 Å². The van der Waals surface area contributed by atoms with Gasteiger partial charge in [-0.3, -0.25) is 4.79 Å². The van der Waals surface area contributed by atoms with Crippen molar-refractivity contribution in [2.24, 2.45) is 0 Å². The average molecular weight is 357 g/mol. The second kappa shape index (κ2) is 7.86. The molecule has 1 aliphatic rings. The lowest BCUT2D eigenvalue weighted by Crippen LogP contribution is -2.45. The molecule has 0 saturated carbocycles. The van der Waals surface area contributed by atoms with Crippen LogP contribution >= 0.6 is 0 Å². The number of hydrogen-bond donors (Lipinski definition) is 2. The summed E-state index contributed by atoms with van der Waals surface area (Å²) >= 11 is 0. The number of aromatic nitrogens is 3. The SMILES string of the molecule is CC(C)c1nccn1CCC(=O)NCC1(O)CCN(c2ccccn2)C1. The molecule has 1 aliphatic heterocycles. The van der Waals surface area contributed by atoms with Crippen LogP contribution in [0.2, 0.25) is 0 Å². The quantitative estimate of drug-likeness (QED) is 0.786. The van der Waals surface area contributed by atoms with Gasteiger partial charge in [0.15, 0.2) is 0 Å². The Labute approximate surface area is 154 Å². The Morgan fingerprint density at radius 1 is 1.35 bits per heavy atom. The molecule has 1 fully saturated rings. The molecule has 7 nitrogen and oxygen atoms in total. The van der Waals surface area contributed by atoms with Gasteiger partial charge < -0.3 is 19.9 Å².